The smallest absolute Gasteiger partial charge is 0.214 e. The molecular weight excluding hydrogens is 334 g/mol. The largest absolute Gasteiger partial charge is 0.475 e. The first-order chi connectivity index (χ1) is 12.6. The van der Waals surface area contributed by atoms with E-state index >= 15 is 0 Å². The second kappa shape index (κ2) is 10.4. The number of aromatic nitrogens is 2. The van der Waals surface area contributed by atoms with Crippen LogP contribution in [-0.2, 0) is 17.8 Å². The van der Waals surface area contributed by atoms with Crippen LogP contribution in [0.4, 0.5) is 0 Å². The van der Waals surface area contributed by atoms with Gasteiger partial charge in [0.05, 0.1) is 25.4 Å². The van der Waals surface area contributed by atoms with Crippen LogP contribution in [0.2, 0.25) is 0 Å². The molecule has 0 unspecified atom stereocenters. The minimum atomic E-state index is 0.477. The van der Waals surface area contributed by atoms with Crippen molar-refractivity contribution in [1.29, 1.82) is 0 Å². The summed E-state index contributed by atoms with van der Waals surface area (Å²) in [6, 6.07) is 3.78. The number of nitrogens with one attached hydrogen (secondary N) is 2. The summed E-state index contributed by atoms with van der Waals surface area (Å²) in [5.41, 5.74) is 1.90. The van der Waals surface area contributed by atoms with E-state index in [1.54, 1.807) is 13.3 Å². The Bertz CT molecular complexity index is 678. The third-order valence-corrected chi connectivity index (χ3v) is 3.58. The monoisotopic (exact) mass is 361 g/mol. The van der Waals surface area contributed by atoms with E-state index in [1.807, 2.05) is 32.9 Å². The number of guanidine groups is 1. The Hall–Kier alpha value is -2.61. The second-order valence-electron chi connectivity index (χ2n) is 5.64. The highest BCUT2D eigenvalue weighted by molar-refractivity contribution is 5.79. The molecule has 2 heterocycles. The molecule has 2 rings (SSSR count). The van der Waals surface area contributed by atoms with Gasteiger partial charge >= 0.3 is 0 Å². The molecule has 0 spiro atoms. The van der Waals surface area contributed by atoms with E-state index in [0.717, 1.165) is 23.6 Å². The van der Waals surface area contributed by atoms with Crippen LogP contribution in [0.5, 0.6) is 5.88 Å². The molecule has 0 aliphatic heterocycles. The van der Waals surface area contributed by atoms with E-state index in [9.17, 15) is 0 Å². The van der Waals surface area contributed by atoms with Crippen molar-refractivity contribution in [2.75, 3.05) is 26.9 Å². The normalized spacial score (nSPS) is 11.5. The molecule has 0 radical (unpaired) electrons. The zero-order valence-corrected chi connectivity index (χ0v) is 15.8. The first-order valence-corrected chi connectivity index (χ1v) is 8.64. The van der Waals surface area contributed by atoms with Gasteiger partial charge < -0.3 is 24.5 Å². The molecule has 2 aromatic rings. The Balaban J connectivity index is 1.89. The summed E-state index contributed by atoms with van der Waals surface area (Å²) in [4.78, 5) is 13.2. The maximum absolute atomic E-state index is 5.57. The van der Waals surface area contributed by atoms with Gasteiger partial charge in [-0.1, -0.05) is 6.07 Å². The van der Waals surface area contributed by atoms with E-state index in [0.29, 0.717) is 44.0 Å². The highest BCUT2D eigenvalue weighted by atomic mass is 16.5. The molecule has 0 amide bonds. The van der Waals surface area contributed by atoms with Crippen LogP contribution in [0.25, 0.3) is 0 Å². The van der Waals surface area contributed by atoms with Gasteiger partial charge in [0.25, 0.3) is 0 Å². The number of ether oxygens (including phenoxy) is 2. The summed E-state index contributed by atoms with van der Waals surface area (Å²) in [6.07, 6.45) is 1.76. The van der Waals surface area contributed by atoms with Gasteiger partial charge in [-0.2, -0.15) is 0 Å². The lowest BCUT2D eigenvalue weighted by Crippen LogP contribution is -2.36. The maximum atomic E-state index is 5.57. The Kier molecular flexibility index (Phi) is 7.88. The van der Waals surface area contributed by atoms with Gasteiger partial charge in [-0.05, 0) is 26.3 Å². The van der Waals surface area contributed by atoms with Crippen LogP contribution in [-0.4, -0.2) is 42.8 Å². The third kappa shape index (κ3) is 6.36. The van der Waals surface area contributed by atoms with Crippen molar-refractivity contribution in [2.24, 2.45) is 4.99 Å². The number of oxazole rings is 1. The molecule has 2 aromatic heterocycles. The average molecular weight is 361 g/mol. The molecule has 8 nitrogen and oxygen atoms in total. The SMILES string of the molecule is CCNC(=NCc1ccc(OCCOC)nc1)NCc1nc(C)c(C)o1. The predicted octanol–water partition coefficient (Wildman–Crippen LogP) is 1.97. The number of rotatable bonds is 9. The molecule has 0 bridgehead atoms. The highest BCUT2D eigenvalue weighted by Gasteiger charge is 2.06. The molecule has 0 atom stereocenters. The average Bonchev–Trinajstić information content (AvgIpc) is 2.96. The van der Waals surface area contributed by atoms with Crippen molar-refractivity contribution >= 4 is 5.96 Å². The summed E-state index contributed by atoms with van der Waals surface area (Å²) in [5.74, 6) is 2.75. The number of nitrogens with zero attached hydrogens (tertiary/aromatic N) is 3. The molecule has 0 fully saturated rings. The molecule has 0 aliphatic carbocycles. The van der Waals surface area contributed by atoms with Crippen molar-refractivity contribution in [1.82, 2.24) is 20.6 Å². The van der Waals surface area contributed by atoms with Gasteiger partial charge in [-0.25, -0.2) is 15.0 Å². The summed E-state index contributed by atoms with van der Waals surface area (Å²) >= 11 is 0. The molecule has 0 saturated carbocycles. The first-order valence-electron chi connectivity index (χ1n) is 8.64. The molecule has 0 aromatic carbocycles. The van der Waals surface area contributed by atoms with Crippen molar-refractivity contribution < 1.29 is 13.9 Å². The molecule has 142 valence electrons. The van der Waals surface area contributed by atoms with Crippen LogP contribution in [0.1, 0.15) is 29.8 Å². The lowest BCUT2D eigenvalue weighted by Gasteiger charge is -2.10. The Morgan fingerprint density at radius 1 is 1.23 bits per heavy atom. The number of methoxy groups -OCH3 is 1. The standard InChI is InChI=1S/C18H27N5O3/c1-5-19-18(22-12-17-23-13(2)14(3)26-17)21-11-15-6-7-16(20-10-15)25-9-8-24-4/h6-7,10H,5,8-9,11-12H2,1-4H3,(H2,19,21,22). The Morgan fingerprint density at radius 3 is 2.69 bits per heavy atom. The van der Waals surface area contributed by atoms with E-state index in [2.05, 4.69) is 25.6 Å². The van der Waals surface area contributed by atoms with Crippen LogP contribution in [0, 0.1) is 13.8 Å². The van der Waals surface area contributed by atoms with Crippen LogP contribution >= 0.6 is 0 Å². The van der Waals surface area contributed by atoms with Crippen LogP contribution in [0.3, 0.4) is 0 Å². The molecule has 0 saturated heterocycles. The third-order valence-electron chi connectivity index (χ3n) is 3.58. The van der Waals surface area contributed by atoms with E-state index in [4.69, 9.17) is 13.9 Å². The predicted molar refractivity (Wildman–Crippen MR) is 99.2 cm³/mol. The lowest BCUT2D eigenvalue weighted by molar-refractivity contribution is 0.143. The minimum Gasteiger partial charge on any atom is -0.475 e. The molecule has 2 N–H and O–H groups in total. The van der Waals surface area contributed by atoms with Gasteiger partial charge in [-0.15, -0.1) is 0 Å². The van der Waals surface area contributed by atoms with E-state index < -0.39 is 0 Å². The fraction of sp³-hybridized carbons (Fsp3) is 0.500. The van der Waals surface area contributed by atoms with Gasteiger partial charge in [0, 0.05) is 25.9 Å². The quantitative estimate of drug-likeness (QED) is 0.401. The van der Waals surface area contributed by atoms with Crippen molar-refractivity contribution in [3.8, 4) is 5.88 Å². The number of hydrogen-bond acceptors (Lipinski definition) is 6. The summed E-state index contributed by atoms with van der Waals surface area (Å²) < 4.78 is 16.0. The zero-order chi connectivity index (χ0) is 18.8. The van der Waals surface area contributed by atoms with Crippen molar-refractivity contribution in [3.05, 3.63) is 41.2 Å². The number of hydrogen-bond donors (Lipinski definition) is 2. The molecule has 0 aliphatic rings. The van der Waals surface area contributed by atoms with Gasteiger partial charge in [-0.3, -0.25) is 0 Å². The molecule has 8 heteroatoms. The van der Waals surface area contributed by atoms with E-state index in [-0.39, 0.29) is 0 Å². The fourth-order valence-electron chi connectivity index (χ4n) is 2.11. The summed E-state index contributed by atoms with van der Waals surface area (Å²) in [6.45, 7) is 8.61. The zero-order valence-electron chi connectivity index (χ0n) is 15.8. The van der Waals surface area contributed by atoms with Crippen LogP contribution < -0.4 is 15.4 Å². The second-order valence-corrected chi connectivity index (χ2v) is 5.64. The topological polar surface area (TPSA) is 93.8 Å². The van der Waals surface area contributed by atoms with Gasteiger partial charge in [0.2, 0.25) is 11.8 Å². The Labute approximate surface area is 154 Å². The first kappa shape index (κ1) is 19.7. The highest BCUT2D eigenvalue weighted by Crippen LogP contribution is 2.09. The van der Waals surface area contributed by atoms with E-state index in [1.165, 1.54) is 0 Å². The van der Waals surface area contributed by atoms with Crippen LogP contribution in [0.15, 0.2) is 27.7 Å². The van der Waals surface area contributed by atoms with Gasteiger partial charge in [0.15, 0.2) is 5.96 Å². The lowest BCUT2D eigenvalue weighted by atomic mass is 10.3. The molecule has 26 heavy (non-hydrogen) atoms. The number of aliphatic imine (C=N–C) groups is 1. The summed E-state index contributed by atoms with van der Waals surface area (Å²) in [7, 11) is 1.64. The Morgan fingerprint density at radius 2 is 2.08 bits per heavy atom. The molecular formula is C18H27N5O3. The summed E-state index contributed by atoms with van der Waals surface area (Å²) in [5, 5.41) is 6.42. The maximum Gasteiger partial charge on any atom is 0.214 e. The van der Waals surface area contributed by atoms with Crippen molar-refractivity contribution in [2.45, 2.75) is 33.9 Å². The number of aryl methyl sites for hydroxylation is 2. The fourth-order valence-corrected chi connectivity index (χ4v) is 2.11. The van der Waals surface area contributed by atoms with Gasteiger partial charge in [0.1, 0.15) is 12.4 Å². The minimum absolute atomic E-state index is 0.477. The number of pyridine rings is 1. The van der Waals surface area contributed by atoms with Crippen molar-refractivity contribution in [3.63, 3.8) is 0 Å².